The number of amides is 1. The number of thioether (sulfide) groups is 1. The fourth-order valence-electron chi connectivity index (χ4n) is 1.25. The highest BCUT2D eigenvalue weighted by molar-refractivity contribution is 7.99. The zero-order valence-electron chi connectivity index (χ0n) is 7.38. The average Bonchev–Trinajstić information content (AvgIpc) is 2.09. The fourth-order valence-corrected chi connectivity index (χ4v) is 2.34. The summed E-state index contributed by atoms with van der Waals surface area (Å²) >= 11 is 1.87. The van der Waals surface area contributed by atoms with Gasteiger partial charge in [0.1, 0.15) is 0 Å². The molecule has 0 aliphatic carbocycles. The molecule has 1 aliphatic rings. The maximum atomic E-state index is 11.1. The Bertz CT molecular complexity index is 163. The molecule has 0 radical (unpaired) electrons. The first-order valence-electron chi connectivity index (χ1n) is 4.36. The van der Waals surface area contributed by atoms with Crippen LogP contribution in [0.5, 0.6) is 0 Å². The van der Waals surface area contributed by atoms with Gasteiger partial charge in [-0.1, -0.05) is 6.92 Å². The Labute approximate surface area is 77.5 Å². The number of nitrogens with two attached hydrogens (primary N) is 1. The molecule has 4 heteroatoms. The minimum atomic E-state index is 0.113. The minimum absolute atomic E-state index is 0.113. The standard InChI is InChI=1S/C8H16N2OS/c1-2-8(11)10-7-3-4-12-5-6(7)9/h6-7H,2-5,9H2,1H3,(H,10,11). The number of carbonyl (C=O) groups excluding carboxylic acids is 1. The van der Waals surface area contributed by atoms with Crippen molar-refractivity contribution in [2.24, 2.45) is 5.73 Å². The lowest BCUT2D eigenvalue weighted by Crippen LogP contribution is -2.51. The Balaban J connectivity index is 2.33. The summed E-state index contributed by atoms with van der Waals surface area (Å²) in [5.74, 6) is 2.19. The van der Waals surface area contributed by atoms with E-state index in [1.807, 2.05) is 18.7 Å². The van der Waals surface area contributed by atoms with E-state index >= 15 is 0 Å². The van der Waals surface area contributed by atoms with Crippen LogP contribution in [0.25, 0.3) is 0 Å². The molecule has 0 bridgehead atoms. The van der Waals surface area contributed by atoms with Crippen LogP contribution in [0.1, 0.15) is 19.8 Å². The molecule has 0 aromatic heterocycles. The van der Waals surface area contributed by atoms with Gasteiger partial charge in [0.05, 0.1) is 0 Å². The smallest absolute Gasteiger partial charge is 0.219 e. The van der Waals surface area contributed by atoms with Crippen LogP contribution >= 0.6 is 11.8 Å². The topological polar surface area (TPSA) is 55.1 Å². The number of nitrogens with one attached hydrogen (secondary N) is 1. The van der Waals surface area contributed by atoms with Crippen LogP contribution in [0.4, 0.5) is 0 Å². The highest BCUT2D eigenvalue weighted by Gasteiger charge is 2.22. The molecule has 2 unspecified atom stereocenters. The van der Waals surface area contributed by atoms with Crippen molar-refractivity contribution in [1.82, 2.24) is 5.32 Å². The van der Waals surface area contributed by atoms with Gasteiger partial charge in [-0.2, -0.15) is 11.8 Å². The lowest BCUT2D eigenvalue weighted by Gasteiger charge is -2.28. The normalized spacial score (nSPS) is 29.8. The highest BCUT2D eigenvalue weighted by atomic mass is 32.2. The van der Waals surface area contributed by atoms with Gasteiger partial charge in [0.25, 0.3) is 0 Å². The summed E-state index contributed by atoms with van der Waals surface area (Å²) in [6.07, 6.45) is 1.56. The Morgan fingerprint density at radius 1 is 1.75 bits per heavy atom. The number of carbonyl (C=O) groups is 1. The molecule has 3 N–H and O–H groups in total. The van der Waals surface area contributed by atoms with Crippen molar-refractivity contribution < 1.29 is 4.79 Å². The fraction of sp³-hybridized carbons (Fsp3) is 0.875. The van der Waals surface area contributed by atoms with E-state index in [-0.39, 0.29) is 18.0 Å². The second-order valence-corrected chi connectivity index (χ2v) is 4.20. The van der Waals surface area contributed by atoms with Crippen molar-refractivity contribution >= 4 is 17.7 Å². The minimum Gasteiger partial charge on any atom is -0.352 e. The monoisotopic (exact) mass is 188 g/mol. The molecule has 1 aliphatic heterocycles. The Hall–Kier alpha value is -0.220. The summed E-state index contributed by atoms with van der Waals surface area (Å²) in [5, 5.41) is 2.94. The lowest BCUT2D eigenvalue weighted by atomic mass is 10.1. The van der Waals surface area contributed by atoms with Crippen molar-refractivity contribution in [3.05, 3.63) is 0 Å². The summed E-state index contributed by atoms with van der Waals surface area (Å²) < 4.78 is 0. The molecule has 0 aromatic rings. The van der Waals surface area contributed by atoms with Crippen LogP contribution in [0.3, 0.4) is 0 Å². The number of hydrogen-bond acceptors (Lipinski definition) is 3. The van der Waals surface area contributed by atoms with E-state index < -0.39 is 0 Å². The molecule has 1 saturated heterocycles. The van der Waals surface area contributed by atoms with E-state index in [4.69, 9.17) is 5.73 Å². The quantitative estimate of drug-likeness (QED) is 0.657. The first-order chi connectivity index (χ1) is 5.74. The third-order valence-electron chi connectivity index (χ3n) is 2.07. The second-order valence-electron chi connectivity index (χ2n) is 3.06. The summed E-state index contributed by atoms with van der Waals surface area (Å²) in [6.45, 7) is 1.86. The summed E-state index contributed by atoms with van der Waals surface area (Å²) in [4.78, 5) is 11.1. The predicted molar refractivity (Wildman–Crippen MR) is 52.1 cm³/mol. The molecule has 0 saturated carbocycles. The van der Waals surface area contributed by atoms with Crippen LogP contribution in [0.15, 0.2) is 0 Å². The van der Waals surface area contributed by atoms with Crippen molar-refractivity contribution in [1.29, 1.82) is 0 Å². The van der Waals surface area contributed by atoms with Gasteiger partial charge in [-0.25, -0.2) is 0 Å². The van der Waals surface area contributed by atoms with Gasteiger partial charge in [-0.05, 0) is 12.2 Å². The van der Waals surface area contributed by atoms with Gasteiger partial charge in [-0.3, -0.25) is 4.79 Å². The number of hydrogen-bond donors (Lipinski definition) is 2. The van der Waals surface area contributed by atoms with Crippen molar-refractivity contribution in [3.8, 4) is 0 Å². The van der Waals surface area contributed by atoms with Crippen LogP contribution < -0.4 is 11.1 Å². The summed E-state index contributed by atoms with van der Waals surface area (Å²) in [5.41, 5.74) is 5.85. The predicted octanol–water partition coefficient (Wildman–Crippen LogP) is 0.345. The largest absolute Gasteiger partial charge is 0.352 e. The molecular weight excluding hydrogens is 172 g/mol. The van der Waals surface area contributed by atoms with Crippen LogP contribution in [0.2, 0.25) is 0 Å². The molecule has 1 heterocycles. The first kappa shape index (κ1) is 9.86. The zero-order chi connectivity index (χ0) is 8.97. The highest BCUT2D eigenvalue weighted by Crippen LogP contribution is 2.16. The molecule has 0 aromatic carbocycles. The Morgan fingerprint density at radius 3 is 3.08 bits per heavy atom. The molecule has 12 heavy (non-hydrogen) atoms. The van der Waals surface area contributed by atoms with E-state index in [1.165, 1.54) is 0 Å². The van der Waals surface area contributed by atoms with Crippen molar-refractivity contribution in [3.63, 3.8) is 0 Å². The molecule has 3 nitrogen and oxygen atoms in total. The third kappa shape index (κ3) is 2.68. The van der Waals surface area contributed by atoms with Gasteiger partial charge in [0.2, 0.25) is 5.91 Å². The van der Waals surface area contributed by atoms with Crippen LogP contribution in [-0.2, 0) is 4.79 Å². The maximum absolute atomic E-state index is 11.1. The van der Waals surface area contributed by atoms with E-state index in [1.54, 1.807) is 0 Å². The molecule has 1 rings (SSSR count). The van der Waals surface area contributed by atoms with Gasteiger partial charge >= 0.3 is 0 Å². The second kappa shape index (κ2) is 4.72. The van der Waals surface area contributed by atoms with Gasteiger partial charge in [0, 0.05) is 24.3 Å². The van der Waals surface area contributed by atoms with Gasteiger partial charge in [0.15, 0.2) is 0 Å². The molecule has 70 valence electrons. The van der Waals surface area contributed by atoms with E-state index in [0.717, 1.165) is 17.9 Å². The van der Waals surface area contributed by atoms with E-state index in [0.29, 0.717) is 6.42 Å². The molecular formula is C8H16N2OS. The molecule has 1 fully saturated rings. The van der Waals surface area contributed by atoms with E-state index in [2.05, 4.69) is 5.32 Å². The van der Waals surface area contributed by atoms with Crippen LogP contribution in [0, 0.1) is 0 Å². The Morgan fingerprint density at radius 2 is 2.50 bits per heavy atom. The zero-order valence-corrected chi connectivity index (χ0v) is 8.19. The maximum Gasteiger partial charge on any atom is 0.219 e. The van der Waals surface area contributed by atoms with Crippen LogP contribution in [-0.4, -0.2) is 29.5 Å². The Kier molecular flexibility index (Phi) is 3.88. The molecule has 0 spiro atoms. The first-order valence-corrected chi connectivity index (χ1v) is 5.52. The van der Waals surface area contributed by atoms with Gasteiger partial charge < -0.3 is 11.1 Å². The lowest BCUT2D eigenvalue weighted by molar-refractivity contribution is -0.121. The van der Waals surface area contributed by atoms with Crippen molar-refractivity contribution in [2.75, 3.05) is 11.5 Å². The SMILES string of the molecule is CCC(=O)NC1CCSCC1N. The van der Waals surface area contributed by atoms with Gasteiger partial charge in [-0.15, -0.1) is 0 Å². The summed E-state index contributed by atoms with van der Waals surface area (Å²) in [7, 11) is 0. The molecule has 2 atom stereocenters. The number of rotatable bonds is 2. The van der Waals surface area contributed by atoms with E-state index in [9.17, 15) is 4.79 Å². The summed E-state index contributed by atoms with van der Waals surface area (Å²) in [6, 6.07) is 0.345. The molecule has 1 amide bonds. The average molecular weight is 188 g/mol. The third-order valence-corrected chi connectivity index (χ3v) is 3.21. The van der Waals surface area contributed by atoms with Crippen molar-refractivity contribution in [2.45, 2.75) is 31.8 Å².